The van der Waals surface area contributed by atoms with Crippen LogP contribution in [0.25, 0.3) is 0 Å². The van der Waals surface area contributed by atoms with E-state index in [4.69, 9.17) is 0 Å². The molecule has 1 N–H and O–H groups in total. The molecule has 0 spiro atoms. The number of likely N-dealkylation sites (tertiary alicyclic amines) is 1. The molecule has 0 aliphatic carbocycles. The van der Waals surface area contributed by atoms with Crippen molar-refractivity contribution in [3.8, 4) is 0 Å². The van der Waals surface area contributed by atoms with E-state index in [1.54, 1.807) is 19.2 Å². The molecule has 2 unspecified atom stereocenters. The van der Waals surface area contributed by atoms with Crippen LogP contribution in [0.15, 0.2) is 23.4 Å². The number of hydrogen-bond acceptors (Lipinski definition) is 4. The number of hydrogen-bond donors (Lipinski definition) is 1. The van der Waals surface area contributed by atoms with Crippen LogP contribution in [0.1, 0.15) is 23.7 Å². The molecule has 4 nitrogen and oxygen atoms in total. The molecule has 1 fully saturated rings. The van der Waals surface area contributed by atoms with Crippen molar-refractivity contribution in [2.75, 3.05) is 19.3 Å². The average molecular weight is 266 g/mol. The molecule has 5 heteroatoms. The number of aliphatic hydroxyl groups excluding tert-OH is 1. The van der Waals surface area contributed by atoms with Crippen LogP contribution in [0.3, 0.4) is 0 Å². The zero-order valence-electron chi connectivity index (χ0n) is 10.7. The highest BCUT2D eigenvalue weighted by molar-refractivity contribution is 7.98. The van der Waals surface area contributed by atoms with Crippen LogP contribution in [0.2, 0.25) is 0 Å². The van der Waals surface area contributed by atoms with E-state index in [0.29, 0.717) is 12.1 Å². The van der Waals surface area contributed by atoms with Gasteiger partial charge in [-0.25, -0.2) is 4.98 Å². The Morgan fingerprint density at radius 1 is 1.67 bits per heavy atom. The summed E-state index contributed by atoms with van der Waals surface area (Å²) in [6.45, 7) is 3.16. The summed E-state index contributed by atoms with van der Waals surface area (Å²) in [5.74, 6) is 0.242. The highest BCUT2D eigenvalue weighted by Gasteiger charge is 2.29. The van der Waals surface area contributed by atoms with Crippen LogP contribution >= 0.6 is 11.8 Å². The molecule has 18 heavy (non-hydrogen) atoms. The Labute approximate surface area is 111 Å². The largest absolute Gasteiger partial charge is 0.393 e. The molecule has 1 aliphatic rings. The number of aromatic nitrogens is 1. The van der Waals surface area contributed by atoms with Crippen LogP contribution in [0, 0.1) is 5.92 Å². The lowest BCUT2D eigenvalue weighted by Gasteiger charge is -2.17. The van der Waals surface area contributed by atoms with Crippen molar-refractivity contribution >= 4 is 17.7 Å². The predicted octanol–water partition coefficient (Wildman–Crippen LogP) is 1.65. The third kappa shape index (κ3) is 2.84. The van der Waals surface area contributed by atoms with Gasteiger partial charge in [-0.15, -0.1) is 11.8 Å². The molecule has 98 valence electrons. The fraction of sp³-hybridized carbons (Fsp3) is 0.538. The quantitative estimate of drug-likeness (QED) is 0.845. The molecule has 1 aromatic heterocycles. The molecule has 2 atom stereocenters. The first kappa shape index (κ1) is 13.4. The molecular weight excluding hydrogens is 248 g/mol. The molecule has 0 aromatic carbocycles. The van der Waals surface area contributed by atoms with Gasteiger partial charge in [-0.05, 0) is 31.7 Å². The fourth-order valence-corrected chi connectivity index (χ4v) is 2.61. The van der Waals surface area contributed by atoms with Gasteiger partial charge in [-0.1, -0.05) is 0 Å². The Morgan fingerprint density at radius 3 is 3.06 bits per heavy atom. The van der Waals surface area contributed by atoms with E-state index in [1.165, 1.54) is 11.8 Å². The van der Waals surface area contributed by atoms with Gasteiger partial charge in [0.25, 0.3) is 5.91 Å². The van der Waals surface area contributed by atoms with Crippen LogP contribution in [-0.4, -0.2) is 46.3 Å². The maximum absolute atomic E-state index is 12.3. The van der Waals surface area contributed by atoms with Gasteiger partial charge >= 0.3 is 0 Å². The number of nitrogens with zero attached hydrogens (tertiary/aromatic N) is 2. The van der Waals surface area contributed by atoms with Crippen molar-refractivity contribution in [2.45, 2.75) is 24.5 Å². The summed E-state index contributed by atoms with van der Waals surface area (Å²) in [5.41, 5.74) is 0.681. The van der Waals surface area contributed by atoms with Crippen molar-refractivity contribution in [3.05, 3.63) is 23.9 Å². The monoisotopic (exact) mass is 266 g/mol. The van der Waals surface area contributed by atoms with E-state index >= 15 is 0 Å². The molecule has 0 radical (unpaired) electrons. The lowest BCUT2D eigenvalue weighted by Crippen LogP contribution is -2.30. The van der Waals surface area contributed by atoms with Gasteiger partial charge in [0.05, 0.1) is 11.1 Å². The van der Waals surface area contributed by atoms with Crippen molar-refractivity contribution in [3.63, 3.8) is 0 Å². The molecule has 1 aliphatic heterocycles. The second kappa shape index (κ2) is 5.71. The van der Waals surface area contributed by atoms with Crippen molar-refractivity contribution in [2.24, 2.45) is 5.92 Å². The van der Waals surface area contributed by atoms with E-state index in [1.807, 2.05) is 17.2 Å². The topological polar surface area (TPSA) is 53.4 Å². The molecule has 0 bridgehead atoms. The molecular formula is C13H18N2O2S. The van der Waals surface area contributed by atoms with Crippen molar-refractivity contribution in [1.29, 1.82) is 0 Å². The number of amides is 1. The normalized spacial score (nSPS) is 21.1. The Morgan fingerprint density at radius 2 is 2.44 bits per heavy atom. The summed E-state index contributed by atoms with van der Waals surface area (Å²) in [6.07, 6.45) is 4.14. The SMILES string of the molecule is CSc1cc(C(=O)N2CCC(C(C)O)C2)ccn1. The van der Waals surface area contributed by atoms with Gasteiger partial charge < -0.3 is 10.0 Å². The Kier molecular flexibility index (Phi) is 4.24. The molecule has 1 saturated heterocycles. The summed E-state index contributed by atoms with van der Waals surface area (Å²) in [4.78, 5) is 18.3. The highest BCUT2D eigenvalue weighted by atomic mass is 32.2. The van der Waals surface area contributed by atoms with Gasteiger partial charge in [0.15, 0.2) is 0 Å². The molecule has 2 heterocycles. The third-order valence-electron chi connectivity index (χ3n) is 3.39. The van der Waals surface area contributed by atoms with Gasteiger partial charge in [0.2, 0.25) is 0 Å². The number of aliphatic hydroxyl groups is 1. The first-order valence-corrected chi connectivity index (χ1v) is 7.31. The van der Waals surface area contributed by atoms with Gasteiger partial charge in [-0.3, -0.25) is 4.79 Å². The minimum atomic E-state index is -0.345. The van der Waals surface area contributed by atoms with Crippen LogP contribution in [0.4, 0.5) is 0 Å². The number of carbonyl (C=O) groups excluding carboxylic acids is 1. The lowest BCUT2D eigenvalue weighted by molar-refractivity contribution is 0.0762. The van der Waals surface area contributed by atoms with E-state index < -0.39 is 0 Å². The number of carbonyl (C=O) groups is 1. The highest BCUT2D eigenvalue weighted by Crippen LogP contribution is 2.22. The van der Waals surface area contributed by atoms with Crippen molar-refractivity contribution in [1.82, 2.24) is 9.88 Å². The number of rotatable bonds is 3. The minimum absolute atomic E-state index is 0.0378. The standard InChI is InChI=1S/C13H18N2O2S/c1-9(16)11-4-6-15(8-11)13(17)10-3-5-14-12(7-10)18-2/h3,5,7,9,11,16H,4,6,8H2,1-2H3. The number of thioether (sulfide) groups is 1. The number of pyridine rings is 1. The van der Waals surface area contributed by atoms with E-state index in [9.17, 15) is 9.90 Å². The van der Waals surface area contributed by atoms with Crippen LogP contribution in [-0.2, 0) is 0 Å². The average Bonchev–Trinajstić information content (AvgIpc) is 2.87. The Hall–Kier alpha value is -1.07. The fourth-order valence-electron chi connectivity index (χ4n) is 2.20. The van der Waals surface area contributed by atoms with Gasteiger partial charge in [0.1, 0.15) is 0 Å². The second-order valence-corrected chi connectivity index (χ2v) is 5.45. The summed E-state index contributed by atoms with van der Waals surface area (Å²) in [7, 11) is 0. The molecule has 1 amide bonds. The zero-order chi connectivity index (χ0) is 13.1. The summed E-state index contributed by atoms with van der Waals surface area (Å²) >= 11 is 1.53. The predicted molar refractivity (Wildman–Crippen MR) is 71.7 cm³/mol. The van der Waals surface area contributed by atoms with E-state index in [2.05, 4.69) is 4.98 Å². The molecule has 0 saturated carbocycles. The molecule has 1 aromatic rings. The third-order valence-corrected chi connectivity index (χ3v) is 4.03. The summed E-state index contributed by atoms with van der Waals surface area (Å²) < 4.78 is 0. The zero-order valence-corrected chi connectivity index (χ0v) is 11.5. The maximum Gasteiger partial charge on any atom is 0.254 e. The van der Waals surface area contributed by atoms with E-state index in [-0.39, 0.29) is 17.9 Å². The van der Waals surface area contributed by atoms with Crippen LogP contribution in [0.5, 0.6) is 0 Å². The lowest BCUT2D eigenvalue weighted by atomic mass is 10.0. The molecule has 2 rings (SSSR count). The second-order valence-electron chi connectivity index (χ2n) is 4.63. The minimum Gasteiger partial charge on any atom is -0.393 e. The Balaban J connectivity index is 2.08. The van der Waals surface area contributed by atoms with Crippen molar-refractivity contribution < 1.29 is 9.90 Å². The van der Waals surface area contributed by atoms with Gasteiger partial charge in [-0.2, -0.15) is 0 Å². The summed E-state index contributed by atoms with van der Waals surface area (Å²) in [6, 6.07) is 3.57. The van der Waals surface area contributed by atoms with E-state index in [0.717, 1.165) is 18.0 Å². The summed E-state index contributed by atoms with van der Waals surface area (Å²) in [5, 5.41) is 10.4. The van der Waals surface area contributed by atoms with Gasteiger partial charge in [0, 0.05) is 30.8 Å². The first-order chi connectivity index (χ1) is 8.61. The Bertz CT molecular complexity index is 437. The first-order valence-electron chi connectivity index (χ1n) is 6.09. The smallest absolute Gasteiger partial charge is 0.254 e. The maximum atomic E-state index is 12.3. The van der Waals surface area contributed by atoms with Crippen LogP contribution < -0.4 is 0 Å².